The lowest BCUT2D eigenvalue weighted by Crippen LogP contribution is -2.32. The maximum absolute atomic E-state index is 14.1. The zero-order valence-corrected chi connectivity index (χ0v) is 21.3. The van der Waals surface area contributed by atoms with Crippen LogP contribution in [-0.4, -0.2) is 34.7 Å². The first kappa shape index (κ1) is 26.5. The first-order valence-electron chi connectivity index (χ1n) is 12.8. The van der Waals surface area contributed by atoms with Gasteiger partial charge in [0.1, 0.15) is 11.4 Å². The molecule has 204 valence electrons. The highest BCUT2D eigenvalue weighted by Gasteiger charge is 2.31. The Bertz CT molecular complexity index is 1440. The van der Waals surface area contributed by atoms with Gasteiger partial charge in [0.2, 0.25) is 0 Å². The first-order chi connectivity index (χ1) is 18.7. The smallest absolute Gasteiger partial charge is 0.406 e. The van der Waals surface area contributed by atoms with Gasteiger partial charge in [0.25, 0.3) is 5.91 Å². The molecule has 6 nitrogen and oxygen atoms in total. The monoisotopic (exact) mass is 540 g/mol. The fraction of sp³-hybridized carbons (Fsp3) is 0.310. The summed E-state index contributed by atoms with van der Waals surface area (Å²) in [6.07, 6.45) is -0.780. The number of benzene rings is 2. The Hall–Kier alpha value is -4.08. The zero-order valence-electron chi connectivity index (χ0n) is 21.3. The van der Waals surface area contributed by atoms with Crippen LogP contribution in [0.5, 0.6) is 5.75 Å². The quantitative estimate of drug-likeness (QED) is 0.282. The summed E-state index contributed by atoms with van der Waals surface area (Å²) in [5.41, 5.74) is 4.04. The molecule has 10 heteroatoms. The van der Waals surface area contributed by atoms with Gasteiger partial charge in [-0.1, -0.05) is 31.2 Å². The van der Waals surface area contributed by atoms with E-state index in [-0.39, 0.29) is 23.2 Å². The van der Waals surface area contributed by atoms with Crippen LogP contribution >= 0.6 is 0 Å². The highest BCUT2D eigenvalue weighted by molar-refractivity contribution is 5.94. The molecule has 0 unspecified atom stereocenters. The van der Waals surface area contributed by atoms with Gasteiger partial charge in [-0.15, -0.1) is 13.2 Å². The second-order valence-electron chi connectivity index (χ2n) is 9.54. The van der Waals surface area contributed by atoms with Crippen molar-refractivity contribution in [3.63, 3.8) is 0 Å². The summed E-state index contributed by atoms with van der Waals surface area (Å²) in [5.74, 6) is -0.719. The SMILES string of the molecule is CCc1nc2c(F)cccn2c1C(=O)NCc1ccc(N2CCC(c3ccc(OC(F)(F)F)cc3)CC2)cc1. The molecule has 5 rings (SSSR count). The van der Waals surface area contributed by atoms with E-state index in [1.807, 2.05) is 31.2 Å². The molecule has 1 amide bonds. The zero-order chi connectivity index (χ0) is 27.6. The fourth-order valence-corrected chi connectivity index (χ4v) is 5.07. The minimum Gasteiger partial charge on any atom is -0.406 e. The van der Waals surface area contributed by atoms with Gasteiger partial charge in [0, 0.05) is 31.5 Å². The van der Waals surface area contributed by atoms with Gasteiger partial charge in [0.15, 0.2) is 11.5 Å². The number of carbonyl (C=O) groups excluding carboxylic acids is 1. The molecule has 2 aromatic heterocycles. The number of carbonyl (C=O) groups is 1. The Kier molecular flexibility index (Phi) is 7.45. The van der Waals surface area contributed by atoms with Crippen LogP contribution in [-0.2, 0) is 13.0 Å². The Morgan fingerprint density at radius 3 is 2.38 bits per heavy atom. The maximum Gasteiger partial charge on any atom is 0.573 e. The van der Waals surface area contributed by atoms with Gasteiger partial charge in [-0.3, -0.25) is 9.20 Å². The van der Waals surface area contributed by atoms with E-state index < -0.39 is 12.2 Å². The number of pyridine rings is 1. The number of imidazole rings is 1. The van der Waals surface area contributed by atoms with Crippen molar-refractivity contribution in [1.82, 2.24) is 14.7 Å². The third-order valence-corrected chi connectivity index (χ3v) is 7.06. The minimum absolute atomic E-state index is 0.139. The molecule has 1 N–H and O–H groups in total. The number of anilines is 1. The van der Waals surface area contributed by atoms with E-state index in [0.717, 1.165) is 42.7 Å². The van der Waals surface area contributed by atoms with Crippen LogP contribution in [0.4, 0.5) is 23.2 Å². The number of rotatable bonds is 7. The molecule has 1 aliphatic rings. The molecule has 4 aromatic rings. The number of alkyl halides is 3. The topological polar surface area (TPSA) is 58.9 Å². The van der Waals surface area contributed by atoms with Crippen molar-refractivity contribution in [3.05, 3.63) is 95.2 Å². The largest absolute Gasteiger partial charge is 0.573 e. The second kappa shape index (κ2) is 11.0. The normalized spacial score (nSPS) is 14.5. The van der Waals surface area contributed by atoms with Crippen molar-refractivity contribution in [2.24, 2.45) is 0 Å². The van der Waals surface area contributed by atoms with Crippen LogP contribution in [0.1, 0.15) is 53.0 Å². The highest BCUT2D eigenvalue weighted by Crippen LogP contribution is 2.32. The Morgan fingerprint density at radius 1 is 1.05 bits per heavy atom. The van der Waals surface area contributed by atoms with E-state index in [1.54, 1.807) is 24.4 Å². The minimum atomic E-state index is -4.69. The number of ether oxygens (including phenoxy) is 1. The summed E-state index contributed by atoms with van der Waals surface area (Å²) in [7, 11) is 0. The number of amides is 1. The summed E-state index contributed by atoms with van der Waals surface area (Å²) in [4.78, 5) is 19.5. The molecular formula is C29H28F4N4O2. The summed E-state index contributed by atoms with van der Waals surface area (Å²) < 4.78 is 56.8. The van der Waals surface area contributed by atoms with Crippen LogP contribution in [0.25, 0.3) is 5.65 Å². The number of aromatic nitrogens is 2. The van der Waals surface area contributed by atoms with Crippen molar-refractivity contribution in [3.8, 4) is 5.75 Å². The molecule has 0 atom stereocenters. The number of hydrogen-bond donors (Lipinski definition) is 1. The lowest BCUT2D eigenvalue weighted by atomic mass is 9.89. The molecule has 1 aliphatic heterocycles. The van der Waals surface area contributed by atoms with E-state index in [0.29, 0.717) is 24.4 Å². The van der Waals surface area contributed by atoms with Gasteiger partial charge < -0.3 is 15.0 Å². The van der Waals surface area contributed by atoms with Crippen LogP contribution in [0.15, 0.2) is 66.9 Å². The van der Waals surface area contributed by atoms with Crippen LogP contribution < -0.4 is 15.0 Å². The highest BCUT2D eigenvalue weighted by atomic mass is 19.4. The van der Waals surface area contributed by atoms with Gasteiger partial charge in [-0.2, -0.15) is 0 Å². The third-order valence-electron chi connectivity index (χ3n) is 7.06. The lowest BCUT2D eigenvalue weighted by molar-refractivity contribution is -0.274. The van der Waals surface area contributed by atoms with Crippen LogP contribution in [0.2, 0.25) is 0 Å². The molecule has 0 aliphatic carbocycles. The maximum atomic E-state index is 14.1. The van der Waals surface area contributed by atoms with E-state index in [2.05, 4.69) is 19.9 Å². The number of nitrogens with zero attached hydrogens (tertiary/aromatic N) is 3. The first-order valence-corrected chi connectivity index (χ1v) is 12.8. The summed E-state index contributed by atoms with van der Waals surface area (Å²) >= 11 is 0. The van der Waals surface area contributed by atoms with Gasteiger partial charge >= 0.3 is 6.36 Å². The average molecular weight is 541 g/mol. The number of aryl methyl sites for hydroxylation is 1. The summed E-state index contributed by atoms with van der Waals surface area (Å²) in [5, 5.41) is 2.92. The summed E-state index contributed by atoms with van der Waals surface area (Å²) in [6.45, 7) is 3.85. The van der Waals surface area contributed by atoms with Crippen LogP contribution in [0.3, 0.4) is 0 Å². The van der Waals surface area contributed by atoms with Crippen molar-refractivity contribution in [1.29, 1.82) is 0 Å². The Labute approximate surface area is 223 Å². The molecule has 3 heterocycles. The number of halogens is 4. The predicted octanol–water partition coefficient (Wildman–Crippen LogP) is 6.25. The van der Waals surface area contributed by atoms with E-state index >= 15 is 0 Å². The number of nitrogens with one attached hydrogen (secondary N) is 1. The van der Waals surface area contributed by atoms with E-state index in [9.17, 15) is 22.4 Å². The third kappa shape index (κ3) is 6.00. The molecule has 1 saturated heterocycles. The average Bonchev–Trinajstić information content (AvgIpc) is 3.32. The fourth-order valence-electron chi connectivity index (χ4n) is 5.07. The number of fused-ring (bicyclic) bond motifs is 1. The van der Waals surface area contributed by atoms with Gasteiger partial charge in [0.05, 0.1) is 5.69 Å². The van der Waals surface area contributed by atoms with E-state index in [1.165, 1.54) is 22.6 Å². The predicted molar refractivity (Wildman–Crippen MR) is 139 cm³/mol. The second-order valence-corrected chi connectivity index (χ2v) is 9.54. The Balaban J connectivity index is 1.16. The molecule has 0 spiro atoms. The van der Waals surface area contributed by atoms with Crippen LogP contribution in [0, 0.1) is 5.82 Å². The molecule has 0 saturated carbocycles. The Morgan fingerprint density at radius 2 is 1.74 bits per heavy atom. The number of hydrogen-bond acceptors (Lipinski definition) is 4. The standard InChI is InChI=1S/C29H28F4N4O2/c1-2-25-26(37-15-3-4-24(30)27(37)35-25)28(38)34-18-19-5-9-22(10-6-19)36-16-13-21(14-17-36)20-7-11-23(12-8-20)39-29(31,32)33/h3-12,15,21H,2,13-14,16-18H2,1H3,(H,34,38). The van der Waals surface area contributed by atoms with Gasteiger partial charge in [-0.25, -0.2) is 9.37 Å². The lowest BCUT2D eigenvalue weighted by Gasteiger charge is -2.34. The van der Waals surface area contributed by atoms with E-state index in [4.69, 9.17) is 0 Å². The van der Waals surface area contributed by atoms with Crippen molar-refractivity contribution in [2.75, 3.05) is 18.0 Å². The molecule has 0 radical (unpaired) electrons. The van der Waals surface area contributed by atoms with Crippen molar-refractivity contribution in [2.45, 2.75) is 45.0 Å². The molecule has 2 aromatic carbocycles. The number of piperidine rings is 1. The molecular weight excluding hydrogens is 512 g/mol. The van der Waals surface area contributed by atoms with Crippen molar-refractivity contribution < 1.29 is 27.1 Å². The molecule has 39 heavy (non-hydrogen) atoms. The molecule has 1 fully saturated rings. The molecule has 0 bridgehead atoms. The van der Waals surface area contributed by atoms with Gasteiger partial charge in [-0.05, 0) is 72.7 Å². The summed E-state index contributed by atoms with van der Waals surface area (Å²) in [6, 6.07) is 17.0. The van der Waals surface area contributed by atoms with Crippen molar-refractivity contribution >= 4 is 17.2 Å².